The minimum Gasteiger partial charge on any atom is -0.469 e. The van der Waals surface area contributed by atoms with Gasteiger partial charge in [0.2, 0.25) is 0 Å². The van der Waals surface area contributed by atoms with E-state index in [0.717, 1.165) is 12.8 Å². The Hall–Kier alpha value is -1.19. The molecule has 0 spiro atoms. The van der Waals surface area contributed by atoms with Crippen LogP contribution in [0.1, 0.15) is 32.1 Å². The molecule has 1 heterocycles. The van der Waals surface area contributed by atoms with Gasteiger partial charge in [-0.1, -0.05) is 19.3 Å². The highest BCUT2D eigenvalue weighted by atomic mass is 16.5. The molecule has 86 valence electrons. The summed E-state index contributed by atoms with van der Waals surface area (Å²) in [7, 11) is 3.30. The lowest BCUT2D eigenvalue weighted by atomic mass is 9.89. The summed E-state index contributed by atoms with van der Waals surface area (Å²) >= 11 is 0. The van der Waals surface area contributed by atoms with Crippen molar-refractivity contribution < 1.29 is 14.1 Å². The summed E-state index contributed by atoms with van der Waals surface area (Å²) < 4.78 is 10.9. The highest BCUT2D eigenvalue weighted by Crippen LogP contribution is 2.24. The molecule has 1 fully saturated rings. The van der Waals surface area contributed by atoms with E-state index in [1.165, 1.54) is 26.4 Å². The molecule has 0 atom stereocenters. The highest BCUT2D eigenvalue weighted by molar-refractivity contribution is 5.72. The standard InChI is InChI=1S/C8H14O2.C3H5NO/c1-10-8(9)7-5-3-2-4-6-7;1-4-2-3-5-4/h7H,2-6H2,1H3;2-3H,1H3. The van der Waals surface area contributed by atoms with Crippen molar-refractivity contribution >= 4 is 5.97 Å². The van der Waals surface area contributed by atoms with E-state index in [4.69, 9.17) is 0 Å². The van der Waals surface area contributed by atoms with Gasteiger partial charge < -0.3 is 9.26 Å². The lowest BCUT2D eigenvalue weighted by molar-refractivity contribution is -0.146. The van der Waals surface area contributed by atoms with E-state index < -0.39 is 0 Å². The highest BCUT2D eigenvalue weighted by Gasteiger charge is 2.20. The molecule has 0 bridgehead atoms. The number of nitrogens with zero attached hydrogens (tertiary/aromatic N) is 1. The Morgan fingerprint density at radius 1 is 1.40 bits per heavy atom. The quantitative estimate of drug-likeness (QED) is 0.673. The molecule has 1 aromatic heterocycles. The van der Waals surface area contributed by atoms with Crippen LogP contribution in [0.25, 0.3) is 0 Å². The molecule has 1 aliphatic rings. The van der Waals surface area contributed by atoms with Gasteiger partial charge in [0.1, 0.15) is 6.26 Å². The van der Waals surface area contributed by atoms with Crippen molar-refractivity contribution in [1.29, 1.82) is 0 Å². The van der Waals surface area contributed by atoms with Crippen LogP contribution in [0.15, 0.2) is 17.0 Å². The zero-order valence-corrected chi connectivity index (χ0v) is 9.44. The second kappa shape index (κ2) is 6.32. The molecule has 0 unspecified atom stereocenters. The van der Waals surface area contributed by atoms with E-state index >= 15 is 0 Å². The Kier molecular flexibility index (Phi) is 5.01. The molecule has 0 amide bonds. The maximum Gasteiger partial charge on any atom is 0.308 e. The fourth-order valence-corrected chi connectivity index (χ4v) is 1.69. The van der Waals surface area contributed by atoms with Crippen LogP contribution in [0.3, 0.4) is 0 Å². The van der Waals surface area contributed by atoms with E-state index in [1.54, 1.807) is 11.0 Å². The van der Waals surface area contributed by atoms with Crippen molar-refractivity contribution in [3.05, 3.63) is 12.5 Å². The van der Waals surface area contributed by atoms with Crippen molar-refractivity contribution in [1.82, 2.24) is 4.74 Å². The van der Waals surface area contributed by atoms with Gasteiger partial charge in [-0.2, -0.15) is 0 Å². The molecule has 4 heteroatoms. The van der Waals surface area contributed by atoms with Crippen LogP contribution in [0.2, 0.25) is 0 Å². The molecule has 0 aromatic carbocycles. The van der Waals surface area contributed by atoms with Crippen molar-refractivity contribution in [3.63, 3.8) is 0 Å². The molecule has 0 N–H and O–H groups in total. The predicted octanol–water partition coefficient (Wildman–Crippen LogP) is 2.36. The molecule has 0 saturated heterocycles. The number of esters is 1. The Balaban J connectivity index is 0.000000187. The molecular formula is C11H19NO3. The van der Waals surface area contributed by atoms with Crippen LogP contribution < -0.4 is 0 Å². The minimum atomic E-state index is -0.0142. The zero-order chi connectivity index (χ0) is 11.1. The number of aryl methyl sites for hydroxylation is 1. The Morgan fingerprint density at radius 2 is 1.93 bits per heavy atom. The van der Waals surface area contributed by atoms with E-state index in [-0.39, 0.29) is 11.9 Å². The zero-order valence-electron chi connectivity index (χ0n) is 9.44. The monoisotopic (exact) mass is 213 g/mol. The summed E-state index contributed by atoms with van der Waals surface area (Å²) in [4.78, 5) is 10.9. The third kappa shape index (κ3) is 4.23. The van der Waals surface area contributed by atoms with Gasteiger partial charge in [-0.05, 0) is 12.8 Å². The van der Waals surface area contributed by atoms with E-state index in [1.807, 2.05) is 13.2 Å². The van der Waals surface area contributed by atoms with Gasteiger partial charge in [-0.15, -0.1) is 0 Å². The van der Waals surface area contributed by atoms with Crippen molar-refractivity contribution in [2.45, 2.75) is 32.1 Å². The summed E-state index contributed by atoms with van der Waals surface area (Å²) in [6, 6.07) is 0. The molecule has 4 nitrogen and oxygen atoms in total. The van der Waals surface area contributed by atoms with Crippen LogP contribution in [-0.4, -0.2) is 17.8 Å². The Morgan fingerprint density at radius 3 is 2.27 bits per heavy atom. The van der Waals surface area contributed by atoms with Crippen LogP contribution in [0.4, 0.5) is 0 Å². The molecule has 1 aliphatic carbocycles. The smallest absolute Gasteiger partial charge is 0.308 e. The Bertz CT molecular complexity index is 262. The van der Waals surface area contributed by atoms with Crippen LogP contribution in [0, 0.1) is 5.92 Å². The predicted molar refractivity (Wildman–Crippen MR) is 56.3 cm³/mol. The number of methoxy groups -OCH3 is 1. The first kappa shape index (κ1) is 11.9. The van der Waals surface area contributed by atoms with Crippen LogP contribution in [-0.2, 0) is 16.6 Å². The summed E-state index contributed by atoms with van der Waals surface area (Å²) in [6.07, 6.45) is 9.20. The summed E-state index contributed by atoms with van der Waals surface area (Å²) in [5, 5.41) is 0. The fraction of sp³-hybridized carbons (Fsp3) is 0.727. The first-order valence-electron chi connectivity index (χ1n) is 5.38. The number of hydrogen-bond donors (Lipinski definition) is 0. The van der Waals surface area contributed by atoms with E-state index in [2.05, 4.69) is 9.26 Å². The number of hydrogen-bond acceptors (Lipinski definition) is 3. The maximum absolute atomic E-state index is 10.9. The molecule has 1 saturated carbocycles. The van der Waals surface area contributed by atoms with Gasteiger partial charge in [-0.25, -0.2) is 4.74 Å². The minimum absolute atomic E-state index is 0.0142. The largest absolute Gasteiger partial charge is 0.469 e. The molecule has 15 heavy (non-hydrogen) atoms. The fourth-order valence-electron chi connectivity index (χ4n) is 1.69. The van der Waals surface area contributed by atoms with E-state index in [9.17, 15) is 4.79 Å². The summed E-state index contributed by atoms with van der Waals surface area (Å²) in [5.41, 5.74) is 0. The maximum atomic E-state index is 10.9. The SMILES string of the molecule is COC(=O)C1CCCCC1.Cn1cco1. The molecule has 1 aromatic rings. The summed E-state index contributed by atoms with van der Waals surface area (Å²) in [5.74, 6) is 0.193. The third-order valence-corrected chi connectivity index (χ3v) is 2.64. The molecule has 0 aliphatic heterocycles. The number of aromatic nitrogens is 1. The molecular weight excluding hydrogens is 194 g/mol. The summed E-state index contributed by atoms with van der Waals surface area (Å²) in [6.45, 7) is 0. The number of ether oxygens (including phenoxy) is 1. The van der Waals surface area contributed by atoms with Crippen molar-refractivity contribution in [2.75, 3.05) is 7.11 Å². The first-order chi connectivity index (χ1) is 7.24. The second-order valence-electron chi connectivity index (χ2n) is 3.79. The van der Waals surface area contributed by atoms with Gasteiger partial charge in [0.25, 0.3) is 0 Å². The Labute approximate surface area is 90.2 Å². The average Bonchev–Trinajstić information content (AvgIpc) is 2.27. The molecule has 0 radical (unpaired) electrons. The number of carbonyl (C=O) groups is 1. The number of carbonyl (C=O) groups excluding carboxylic acids is 1. The van der Waals surface area contributed by atoms with Gasteiger partial charge in [0.05, 0.1) is 19.2 Å². The van der Waals surface area contributed by atoms with E-state index in [0.29, 0.717) is 0 Å². The van der Waals surface area contributed by atoms with Gasteiger partial charge >= 0.3 is 5.97 Å². The average molecular weight is 213 g/mol. The van der Waals surface area contributed by atoms with Gasteiger partial charge in [0.15, 0.2) is 0 Å². The molecule has 2 rings (SSSR count). The lowest BCUT2D eigenvalue weighted by Crippen LogP contribution is -2.18. The van der Waals surface area contributed by atoms with Crippen molar-refractivity contribution in [3.8, 4) is 0 Å². The van der Waals surface area contributed by atoms with Gasteiger partial charge in [0, 0.05) is 7.05 Å². The second-order valence-corrected chi connectivity index (χ2v) is 3.79. The number of rotatable bonds is 1. The van der Waals surface area contributed by atoms with Crippen LogP contribution in [0.5, 0.6) is 0 Å². The topological polar surface area (TPSA) is 44.4 Å². The van der Waals surface area contributed by atoms with Crippen LogP contribution >= 0.6 is 0 Å². The third-order valence-electron chi connectivity index (χ3n) is 2.64. The van der Waals surface area contributed by atoms with Gasteiger partial charge in [-0.3, -0.25) is 4.79 Å². The first-order valence-corrected chi connectivity index (χ1v) is 5.38. The van der Waals surface area contributed by atoms with Crippen molar-refractivity contribution in [2.24, 2.45) is 13.0 Å². The normalized spacial score (nSPS) is 16.7. The lowest BCUT2D eigenvalue weighted by Gasteiger charge is -2.18.